The highest BCUT2D eigenvalue weighted by atomic mass is 19.1. The number of pyridine rings is 1. The SMILES string of the molecule is C=C/C=C(\C=C)CN(C)C(=O)C(c1ccncc1C)N(CC(C)F)C(=O)CCc1ccc(O)cc1. The van der Waals surface area contributed by atoms with E-state index in [1.165, 1.54) is 16.7 Å². The molecular formula is C28H34FN3O3. The summed E-state index contributed by atoms with van der Waals surface area (Å²) >= 11 is 0. The summed E-state index contributed by atoms with van der Waals surface area (Å²) < 4.78 is 14.3. The van der Waals surface area contributed by atoms with Crippen LogP contribution in [0.1, 0.15) is 36.1 Å². The van der Waals surface area contributed by atoms with E-state index in [4.69, 9.17) is 0 Å². The number of rotatable bonds is 12. The summed E-state index contributed by atoms with van der Waals surface area (Å²) in [7, 11) is 1.64. The molecular weight excluding hydrogens is 445 g/mol. The van der Waals surface area contributed by atoms with Crippen LogP contribution in [-0.2, 0) is 16.0 Å². The molecule has 0 aliphatic rings. The van der Waals surface area contributed by atoms with Gasteiger partial charge in [-0.3, -0.25) is 14.6 Å². The molecule has 2 amide bonds. The zero-order valence-corrected chi connectivity index (χ0v) is 20.7. The van der Waals surface area contributed by atoms with Crippen LogP contribution in [-0.4, -0.2) is 58.0 Å². The second kappa shape index (κ2) is 13.2. The van der Waals surface area contributed by atoms with E-state index in [1.807, 2.05) is 6.92 Å². The molecule has 0 fully saturated rings. The largest absolute Gasteiger partial charge is 0.508 e. The summed E-state index contributed by atoms with van der Waals surface area (Å²) in [5, 5.41) is 9.49. The quantitative estimate of drug-likeness (QED) is 0.448. The fourth-order valence-corrected chi connectivity index (χ4v) is 3.80. The molecule has 6 nitrogen and oxygen atoms in total. The lowest BCUT2D eigenvalue weighted by Crippen LogP contribution is -2.47. The predicted molar refractivity (Wildman–Crippen MR) is 137 cm³/mol. The fourth-order valence-electron chi connectivity index (χ4n) is 3.80. The third-order valence-corrected chi connectivity index (χ3v) is 5.63. The van der Waals surface area contributed by atoms with Crippen LogP contribution in [0.15, 0.2) is 79.7 Å². The predicted octanol–water partition coefficient (Wildman–Crippen LogP) is 4.71. The molecule has 0 aliphatic heterocycles. The van der Waals surface area contributed by atoms with Crippen LogP contribution in [0, 0.1) is 6.92 Å². The summed E-state index contributed by atoms with van der Waals surface area (Å²) in [5.41, 5.74) is 2.97. The number of likely N-dealkylation sites (N-methyl/N-ethyl adjacent to an activating group) is 1. The number of amides is 2. The van der Waals surface area contributed by atoms with Crippen molar-refractivity contribution >= 4 is 11.8 Å². The van der Waals surface area contributed by atoms with Crippen molar-refractivity contribution in [3.8, 4) is 5.75 Å². The molecule has 0 radical (unpaired) electrons. The number of phenolic OH excluding ortho intramolecular Hbond substituents is 1. The van der Waals surface area contributed by atoms with Gasteiger partial charge in [0.1, 0.15) is 18.0 Å². The Labute approximate surface area is 207 Å². The molecule has 2 rings (SSSR count). The molecule has 35 heavy (non-hydrogen) atoms. The molecule has 0 saturated carbocycles. The van der Waals surface area contributed by atoms with Gasteiger partial charge in [-0.2, -0.15) is 0 Å². The Balaban J connectivity index is 2.42. The van der Waals surface area contributed by atoms with Crippen LogP contribution in [0.25, 0.3) is 0 Å². The van der Waals surface area contributed by atoms with Crippen molar-refractivity contribution in [3.05, 3.63) is 96.4 Å². The molecule has 2 atom stereocenters. The van der Waals surface area contributed by atoms with Gasteiger partial charge < -0.3 is 14.9 Å². The van der Waals surface area contributed by atoms with Crippen molar-refractivity contribution in [3.63, 3.8) is 0 Å². The highest BCUT2D eigenvalue weighted by Crippen LogP contribution is 2.28. The number of carbonyl (C=O) groups excluding carboxylic acids is 2. The number of aromatic hydroxyl groups is 1. The number of alkyl halides is 1. The van der Waals surface area contributed by atoms with Crippen LogP contribution in [0.4, 0.5) is 4.39 Å². The van der Waals surface area contributed by atoms with Gasteiger partial charge in [0.15, 0.2) is 0 Å². The molecule has 1 N–H and O–H groups in total. The maximum Gasteiger partial charge on any atom is 0.250 e. The van der Waals surface area contributed by atoms with Crippen LogP contribution in [0.2, 0.25) is 0 Å². The fraction of sp³-hybridized carbons (Fsp3) is 0.321. The first-order chi connectivity index (χ1) is 16.7. The van der Waals surface area contributed by atoms with Crippen molar-refractivity contribution in [2.24, 2.45) is 0 Å². The Morgan fingerprint density at radius 3 is 2.46 bits per heavy atom. The number of aromatic nitrogens is 1. The molecule has 1 heterocycles. The zero-order chi connectivity index (χ0) is 26.0. The molecule has 1 aromatic carbocycles. The Kier molecular flexibility index (Phi) is 10.4. The molecule has 186 valence electrons. The third-order valence-electron chi connectivity index (χ3n) is 5.63. The highest BCUT2D eigenvalue weighted by Gasteiger charge is 2.35. The number of carbonyl (C=O) groups is 2. The molecule has 7 heteroatoms. The Morgan fingerprint density at radius 1 is 1.20 bits per heavy atom. The molecule has 0 bridgehead atoms. The number of hydrogen-bond donors (Lipinski definition) is 1. The van der Waals surface area contributed by atoms with E-state index >= 15 is 0 Å². The standard InChI is InChI=1S/C28H34FN3O3/c1-6-8-22(7-2)19-31(5)28(35)27(25-15-16-30-17-20(25)3)32(18-21(4)29)26(34)14-11-23-9-12-24(33)13-10-23/h6-10,12-13,15-17,21,27,33H,1-2,11,14,18-19H2,3-5H3/b22-8+. The first-order valence-corrected chi connectivity index (χ1v) is 11.5. The Bertz CT molecular complexity index is 1060. The second-order valence-electron chi connectivity index (χ2n) is 8.50. The van der Waals surface area contributed by atoms with Gasteiger partial charge in [0, 0.05) is 32.4 Å². The number of allylic oxidation sites excluding steroid dienone is 2. The summed E-state index contributed by atoms with van der Waals surface area (Å²) in [5.74, 6) is -0.537. The maximum absolute atomic E-state index is 14.3. The zero-order valence-electron chi connectivity index (χ0n) is 20.7. The van der Waals surface area contributed by atoms with Gasteiger partial charge in [-0.25, -0.2) is 4.39 Å². The number of aryl methyl sites for hydroxylation is 2. The normalized spacial score (nSPS) is 13.0. The van der Waals surface area contributed by atoms with Gasteiger partial charge in [-0.05, 0) is 60.7 Å². The van der Waals surface area contributed by atoms with E-state index in [2.05, 4.69) is 18.1 Å². The van der Waals surface area contributed by atoms with Gasteiger partial charge in [-0.15, -0.1) is 0 Å². The van der Waals surface area contributed by atoms with Gasteiger partial charge >= 0.3 is 0 Å². The van der Waals surface area contributed by atoms with Gasteiger partial charge in [0.05, 0.1) is 6.54 Å². The summed E-state index contributed by atoms with van der Waals surface area (Å²) in [4.78, 5) is 34.1. The lowest BCUT2D eigenvalue weighted by molar-refractivity contribution is -0.146. The summed E-state index contributed by atoms with van der Waals surface area (Å²) in [6, 6.07) is 7.26. The van der Waals surface area contributed by atoms with Crippen molar-refractivity contribution < 1.29 is 19.1 Å². The van der Waals surface area contributed by atoms with E-state index < -0.39 is 12.2 Å². The summed E-state index contributed by atoms with van der Waals surface area (Å²) in [6.45, 7) is 10.7. The van der Waals surface area contributed by atoms with Crippen molar-refractivity contribution in [2.75, 3.05) is 20.1 Å². The molecule has 0 aliphatic carbocycles. The van der Waals surface area contributed by atoms with E-state index in [0.29, 0.717) is 12.0 Å². The first kappa shape index (κ1) is 27.5. The average Bonchev–Trinajstić information content (AvgIpc) is 2.83. The van der Waals surface area contributed by atoms with Crippen LogP contribution in [0.3, 0.4) is 0 Å². The van der Waals surface area contributed by atoms with E-state index in [1.54, 1.807) is 68.0 Å². The van der Waals surface area contributed by atoms with E-state index in [-0.39, 0.29) is 37.1 Å². The van der Waals surface area contributed by atoms with E-state index in [9.17, 15) is 19.1 Å². The van der Waals surface area contributed by atoms with Gasteiger partial charge in [-0.1, -0.05) is 43.5 Å². The molecule has 1 aromatic heterocycles. The Hall–Kier alpha value is -3.74. The van der Waals surface area contributed by atoms with Crippen LogP contribution in [0.5, 0.6) is 5.75 Å². The molecule has 2 unspecified atom stereocenters. The van der Waals surface area contributed by atoms with Crippen molar-refractivity contribution in [1.29, 1.82) is 0 Å². The molecule has 0 spiro atoms. The average molecular weight is 480 g/mol. The topological polar surface area (TPSA) is 73.7 Å². The minimum Gasteiger partial charge on any atom is -0.508 e. The first-order valence-electron chi connectivity index (χ1n) is 11.5. The highest BCUT2D eigenvalue weighted by molar-refractivity contribution is 5.89. The van der Waals surface area contributed by atoms with Gasteiger partial charge in [0.25, 0.3) is 0 Å². The van der Waals surface area contributed by atoms with E-state index in [0.717, 1.165) is 16.7 Å². The minimum absolute atomic E-state index is 0.0867. The number of halogens is 1. The maximum atomic E-state index is 14.3. The van der Waals surface area contributed by atoms with Crippen molar-refractivity contribution in [2.45, 2.75) is 38.9 Å². The second-order valence-corrected chi connectivity index (χ2v) is 8.50. The number of hydrogen-bond acceptors (Lipinski definition) is 4. The van der Waals surface area contributed by atoms with Crippen molar-refractivity contribution in [1.82, 2.24) is 14.8 Å². The monoisotopic (exact) mass is 479 g/mol. The Morgan fingerprint density at radius 2 is 1.89 bits per heavy atom. The number of phenols is 1. The van der Waals surface area contributed by atoms with Gasteiger partial charge in [0.2, 0.25) is 11.8 Å². The summed E-state index contributed by atoms with van der Waals surface area (Å²) in [6.07, 6.45) is 7.35. The number of nitrogens with zero attached hydrogens (tertiary/aromatic N) is 3. The lowest BCUT2D eigenvalue weighted by Gasteiger charge is -2.35. The van der Waals surface area contributed by atoms with Crippen LogP contribution >= 0.6 is 0 Å². The molecule has 2 aromatic rings. The van der Waals surface area contributed by atoms with Crippen LogP contribution < -0.4 is 0 Å². The minimum atomic E-state index is -1.33. The third kappa shape index (κ3) is 7.91. The molecule has 0 saturated heterocycles. The lowest BCUT2D eigenvalue weighted by atomic mass is 9.98. The smallest absolute Gasteiger partial charge is 0.250 e. The number of benzene rings is 1.